The monoisotopic (exact) mass is 368 g/mol. The van der Waals surface area contributed by atoms with Crippen molar-refractivity contribution >= 4 is 23.0 Å². The van der Waals surface area contributed by atoms with E-state index in [0.29, 0.717) is 12.1 Å². The first kappa shape index (κ1) is 19.2. The zero-order valence-corrected chi connectivity index (χ0v) is 15.9. The van der Waals surface area contributed by atoms with Crippen LogP contribution in [-0.4, -0.2) is 43.7 Å². The first-order valence-electron chi connectivity index (χ1n) is 9.70. The van der Waals surface area contributed by atoms with Gasteiger partial charge in [-0.1, -0.05) is 31.9 Å². The Labute approximate surface area is 160 Å². The summed E-state index contributed by atoms with van der Waals surface area (Å²) < 4.78 is 5.45. The average molecular weight is 368 g/mol. The summed E-state index contributed by atoms with van der Waals surface area (Å²) in [6, 6.07) is 10.0. The van der Waals surface area contributed by atoms with Crippen LogP contribution in [0.3, 0.4) is 0 Å². The molecule has 144 valence electrons. The second-order valence-corrected chi connectivity index (χ2v) is 6.67. The lowest BCUT2D eigenvalue weighted by atomic mass is 10.2. The summed E-state index contributed by atoms with van der Waals surface area (Å²) in [4.78, 5) is 18.9. The molecule has 2 N–H and O–H groups in total. The Bertz CT molecular complexity index is 744. The molecule has 1 aliphatic rings. The fourth-order valence-electron chi connectivity index (χ4n) is 3.13. The Hall–Kier alpha value is -2.60. The predicted octanol–water partition coefficient (Wildman–Crippen LogP) is 3.58. The number of ether oxygens (including phenoxy) is 1. The molecule has 2 heterocycles. The first-order valence-corrected chi connectivity index (χ1v) is 9.70. The van der Waals surface area contributed by atoms with Crippen molar-refractivity contribution in [3.05, 3.63) is 48.3 Å². The van der Waals surface area contributed by atoms with Crippen LogP contribution >= 0.6 is 0 Å². The third-order valence-electron chi connectivity index (χ3n) is 4.60. The van der Waals surface area contributed by atoms with Gasteiger partial charge < -0.3 is 20.3 Å². The molecular weight excluding hydrogens is 340 g/mol. The minimum atomic E-state index is -0.0799. The normalized spacial score (nSPS) is 14.0. The second kappa shape index (κ2) is 9.92. The molecule has 1 aromatic heterocycles. The summed E-state index contributed by atoms with van der Waals surface area (Å²) in [5.41, 5.74) is 3.51. The first-order chi connectivity index (χ1) is 13.3. The molecule has 1 aromatic carbocycles. The number of para-hydroxylation sites is 2. The van der Waals surface area contributed by atoms with Crippen molar-refractivity contribution in [2.45, 2.75) is 26.2 Å². The summed E-state index contributed by atoms with van der Waals surface area (Å²) in [5, 5.41) is 6.38. The van der Waals surface area contributed by atoms with Crippen molar-refractivity contribution in [2.24, 2.45) is 0 Å². The predicted molar refractivity (Wildman–Crippen MR) is 109 cm³/mol. The van der Waals surface area contributed by atoms with Gasteiger partial charge in [-0.2, -0.15) is 0 Å². The maximum Gasteiger partial charge on any atom is 0.252 e. The molecule has 0 aliphatic carbocycles. The van der Waals surface area contributed by atoms with Crippen molar-refractivity contribution in [1.29, 1.82) is 0 Å². The van der Waals surface area contributed by atoms with E-state index in [-0.39, 0.29) is 5.91 Å². The Balaban J connectivity index is 1.68. The van der Waals surface area contributed by atoms with E-state index in [0.717, 1.165) is 62.6 Å². The van der Waals surface area contributed by atoms with E-state index in [9.17, 15) is 4.79 Å². The molecule has 2 aromatic rings. The maximum absolute atomic E-state index is 12.3. The molecule has 1 fully saturated rings. The van der Waals surface area contributed by atoms with Crippen LogP contribution in [0.15, 0.2) is 42.7 Å². The van der Waals surface area contributed by atoms with Gasteiger partial charge in [0.2, 0.25) is 0 Å². The van der Waals surface area contributed by atoms with Crippen molar-refractivity contribution in [3.8, 4) is 0 Å². The summed E-state index contributed by atoms with van der Waals surface area (Å²) >= 11 is 0. The fraction of sp³-hybridized carbons (Fsp3) is 0.429. The van der Waals surface area contributed by atoms with Gasteiger partial charge in [0.25, 0.3) is 5.91 Å². The highest BCUT2D eigenvalue weighted by atomic mass is 16.5. The quantitative estimate of drug-likeness (QED) is 0.697. The number of carbonyl (C=O) groups excluding carboxylic acids is 1. The molecule has 0 radical (unpaired) electrons. The number of unbranched alkanes of at least 4 members (excludes halogenated alkanes) is 2. The van der Waals surface area contributed by atoms with E-state index in [4.69, 9.17) is 4.74 Å². The number of rotatable bonds is 8. The van der Waals surface area contributed by atoms with E-state index in [1.165, 1.54) is 0 Å². The van der Waals surface area contributed by atoms with E-state index >= 15 is 0 Å². The van der Waals surface area contributed by atoms with Gasteiger partial charge in [-0.25, -0.2) is 0 Å². The van der Waals surface area contributed by atoms with Gasteiger partial charge in [0.1, 0.15) is 0 Å². The highest BCUT2D eigenvalue weighted by molar-refractivity contribution is 5.95. The molecule has 1 saturated heterocycles. The van der Waals surface area contributed by atoms with Crippen LogP contribution in [0, 0.1) is 0 Å². The minimum Gasteiger partial charge on any atom is -0.378 e. The smallest absolute Gasteiger partial charge is 0.252 e. The van der Waals surface area contributed by atoms with Crippen molar-refractivity contribution in [3.63, 3.8) is 0 Å². The maximum atomic E-state index is 12.3. The Morgan fingerprint density at radius 3 is 2.81 bits per heavy atom. The number of hydrogen-bond acceptors (Lipinski definition) is 5. The molecule has 3 rings (SSSR count). The summed E-state index contributed by atoms with van der Waals surface area (Å²) in [6.07, 6.45) is 6.61. The average Bonchev–Trinajstić information content (AvgIpc) is 2.72. The van der Waals surface area contributed by atoms with E-state index in [2.05, 4.69) is 33.5 Å². The van der Waals surface area contributed by atoms with Crippen molar-refractivity contribution < 1.29 is 9.53 Å². The highest BCUT2D eigenvalue weighted by Crippen LogP contribution is 2.29. The molecule has 0 unspecified atom stereocenters. The Morgan fingerprint density at radius 1 is 1.19 bits per heavy atom. The van der Waals surface area contributed by atoms with E-state index in [1.807, 2.05) is 24.3 Å². The number of nitrogens with one attached hydrogen (secondary N) is 2. The van der Waals surface area contributed by atoms with Gasteiger partial charge in [-0.3, -0.25) is 9.78 Å². The van der Waals surface area contributed by atoms with Crippen LogP contribution in [0.25, 0.3) is 0 Å². The zero-order chi connectivity index (χ0) is 18.9. The molecule has 0 atom stereocenters. The van der Waals surface area contributed by atoms with Crippen LogP contribution in [0.2, 0.25) is 0 Å². The fourth-order valence-corrected chi connectivity index (χ4v) is 3.13. The Kier molecular flexibility index (Phi) is 7.04. The molecule has 6 nitrogen and oxygen atoms in total. The van der Waals surface area contributed by atoms with Gasteiger partial charge in [0.15, 0.2) is 0 Å². The van der Waals surface area contributed by atoms with Gasteiger partial charge in [0, 0.05) is 25.8 Å². The number of hydrogen-bond donors (Lipinski definition) is 2. The molecule has 0 bridgehead atoms. The van der Waals surface area contributed by atoms with Gasteiger partial charge in [0.05, 0.1) is 42.0 Å². The van der Waals surface area contributed by atoms with Gasteiger partial charge >= 0.3 is 0 Å². The molecule has 1 amide bonds. The molecule has 0 spiro atoms. The molecular formula is C21H28N4O2. The number of benzene rings is 1. The second-order valence-electron chi connectivity index (χ2n) is 6.67. The molecule has 0 saturated carbocycles. The minimum absolute atomic E-state index is 0.0799. The van der Waals surface area contributed by atoms with Crippen LogP contribution in [0.4, 0.5) is 17.1 Å². The Morgan fingerprint density at radius 2 is 2.00 bits per heavy atom. The number of carbonyl (C=O) groups is 1. The van der Waals surface area contributed by atoms with Crippen LogP contribution in [0.5, 0.6) is 0 Å². The van der Waals surface area contributed by atoms with Crippen LogP contribution in [-0.2, 0) is 4.74 Å². The number of anilines is 3. The SMILES string of the molecule is CCCCCNC(=O)c1cncc(Nc2ccccc2N2CCOCC2)c1. The lowest BCUT2D eigenvalue weighted by Crippen LogP contribution is -2.36. The van der Waals surface area contributed by atoms with Crippen molar-refractivity contribution in [2.75, 3.05) is 43.1 Å². The number of nitrogens with zero attached hydrogens (tertiary/aromatic N) is 2. The summed E-state index contributed by atoms with van der Waals surface area (Å²) in [5.74, 6) is -0.0799. The van der Waals surface area contributed by atoms with Gasteiger partial charge in [-0.05, 0) is 24.6 Å². The standard InChI is InChI=1S/C21H28N4O2/c1-2-3-6-9-23-21(26)17-14-18(16-22-15-17)24-19-7-4-5-8-20(19)25-10-12-27-13-11-25/h4-5,7-8,14-16,24H,2-3,6,9-13H2,1H3,(H,23,26). The van der Waals surface area contributed by atoms with E-state index < -0.39 is 0 Å². The summed E-state index contributed by atoms with van der Waals surface area (Å²) in [6.45, 7) is 6.07. The zero-order valence-electron chi connectivity index (χ0n) is 15.9. The number of amides is 1. The topological polar surface area (TPSA) is 66.5 Å². The number of aromatic nitrogens is 1. The third kappa shape index (κ3) is 5.44. The van der Waals surface area contributed by atoms with Crippen LogP contribution in [0.1, 0.15) is 36.5 Å². The highest BCUT2D eigenvalue weighted by Gasteiger charge is 2.15. The number of morpholine rings is 1. The summed E-state index contributed by atoms with van der Waals surface area (Å²) in [7, 11) is 0. The molecule has 27 heavy (non-hydrogen) atoms. The van der Waals surface area contributed by atoms with E-state index in [1.54, 1.807) is 12.4 Å². The van der Waals surface area contributed by atoms with Crippen molar-refractivity contribution in [1.82, 2.24) is 10.3 Å². The van der Waals surface area contributed by atoms with Crippen LogP contribution < -0.4 is 15.5 Å². The third-order valence-corrected chi connectivity index (χ3v) is 4.60. The molecule has 1 aliphatic heterocycles. The molecule has 6 heteroatoms. The lowest BCUT2D eigenvalue weighted by molar-refractivity contribution is 0.0952. The number of pyridine rings is 1. The largest absolute Gasteiger partial charge is 0.378 e. The van der Waals surface area contributed by atoms with Gasteiger partial charge in [-0.15, -0.1) is 0 Å². The lowest BCUT2D eigenvalue weighted by Gasteiger charge is -2.30.